The van der Waals surface area contributed by atoms with E-state index in [0.29, 0.717) is 18.8 Å². The van der Waals surface area contributed by atoms with Gasteiger partial charge < -0.3 is 11.1 Å². The third-order valence-corrected chi connectivity index (χ3v) is 3.88. The van der Waals surface area contributed by atoms with Crippen LogP contribution in [0.4, 0.5) is 10.8 Å². The van der Waals surface area contributed by atoms with Crippen LogP contribution in [0.5, 0.6) is 0 Å². The first kappa shape index (κ1) is 13.1. The monoisotopic (exact) mass is 286 g/mol. The number of benzene rings is 1. The predicted octanol–water partition coefficient (Wildman–Crippen LogP) is 0.840. The Bertz CT molecular complexity index is 651. The van der Waals surface area contributed by atoms with Crippen LogP contribution >= 0.6 is 11.3 Å². The zero-order valence-electron chi connectivity index (χ0n) is 9.80. The summed E-state index contributed by atoms with van der Waals surface area (Å²) in [4.78, 5) is 4.36. The maximum atomic E-state index is 10.9. The topological polar surface area (TPSA) is 97.1 Å². The van der Waals surface area contributed by atoms with E-state index in [9.17, 15) is 8.42 Å². The van der Waals surface area contributed by atoms with Gasteiger partial charge in [-0.1, -0.05) is 11.3 Å². The molecule has 0 saturated heterocycles. The summed E-state index contributed by atoms with van der Waals surface area (Å²) in [6, 6.07) is 5.53. The predicted molar refractivity (Wildman–Crippen MR) is 75.4 cm³/mol. The lowest BCUT2D eigenvalue weighted by Gasteiger charge is -2.02. The van der Waals surface area contributed by atoms with Crippen molar-refractivity contribution in [1.82, 2.24) is 9.71 Å². The van der Waals surface area contributed by atoms with Crippen LogP contribution in [0.3, 0.4) is 0 Å². The lowest BCUT2D eigenvalue weighted by Crippen LogP contribution is -2.27. The highest BCUT2D eigenvalue weighted by atomic mass is 32.2. The number of rotatable bonds is 5. The van der Waals surface area contributed by atoms with Crippen molar-refractivity contribution in [3.05, 3.63) is 18.2 Å². The minimum atomic E-state index is -3.13. The molecule has 0 bridgehead atoms. The number of fused-ring (bicyclic) bond motifs is 1. The molecule has 1 heterocycles. The zero-order chi connectivity index (χ0) is 13.2. The summed E-state index contributed by atoms with van der Waals surface area (Å²) >= 11 is 1.49. The van der Waals surface area contributed by atoms with Crippen molar-refractivity contribution in [2.45, 2.75) is 0 Å². The molecular weight excluding hydrogens is 272 g/mol. The summed E-state index contributed by atoms with van der Waals surface area (Å²) in [6.07, 6.45) is 1.13. The quantitative estimate of drug-likeness (QED) is 0.559. The van der Waals surface area contributed by atoms with Gasteiger partial charge in [-0.15, -0.1) is 0 Å². The number of nitrogens with zero attached hydrogens (tertiary/aromatic N) is 1. The molecule has 0 aliphatic heterocycles. The van der Waals surface area contributed by atoms with E-state index >= 15 is 0 Å². The van der Waals surface area contributed by atoms with E-state index < -0.39 is 10.0 Å². The molecule has 4 N–H and O–H groups in total. The van der Waals surface area contributed by atoms with Crippen LogP contribution in [0.2, 0.25) is 0 Å². The molecule has 0 unspecified atom stereocenters. The summed E-state index contributed by atoms with van der Waals surface area (Å²) in [7, 11) is -3.13. The smallest absolute Gasteiger partial charge is 0.208 e. The molecule has 0 saturated carbocycles. The Morgan fingerprint density at radius 1 is 1.39 bits per heavy atom. The van der Waals surface area contributed by atoms with Gasteiger partial charge in [0.05, 0.1) is 16.5 Å². The van der Waals surface area contributed by atoms with Gasteiger partial charge in [-0.05, 0) is 18.2 Å². The Balaban J connectivity index is 1.96. The van der Waals surface area contributed by atoms with Gasteiger partial charge in [0.2, 0.25) is 10.0 Å². The minimum Gasteiger partial charge on any atom is -0.399 e. The van der Waals surface area contributed by atoms with E-state index in [1.165, 1.54) is 11.3 Å². The Hall–Kier alpha value is -1.38. The fourth-order valence-corrected chi connectivity index (χ4v) is 2.84. The summed E-state index contributed by atoms with van der Waals surface area (Å²) in [5.74, 6) is 0. The molecule has 2 aromatic rings. The highest BCUT2D eigenvalue weighted by Crippen LogP contribution is 2.27. The zero-order valence-corrected chi connectivity index (χ0v) is 11.4. The van der Waals surface area contributed by atoms with Crippen molar-refractivity contribution in [3.8, 4) is 0 Å². The largest absolute Gasteiger partial charge is 0.399 e. The second-order valence-electron chi connectivity index (χ2n) is 3.84. The van der Waals surface area contributed by atoms with E-state index in [1.807, 2.05) is 12.1 Å². The SMILES string of the molecule is CS(=O)(=O)NCCNc1nc2ccc(N)cc2s1. The normalized spacial score (nSPS) is 11.8. The maximum Gasteiger partial charge on any atom is 0.208 e. The number of nitrogens with one attached hydrogen (secondary N) is 2. The Morgan fingerprint density at radius 3 is 2.89 bits per heavy atom. The van der Waals surface area contributed by atoms with E-state index in [2.05, 4.69) is 15.0 Å². The van der Waals surface area contributed by atoms with Crippen molar-refractivity contribution in [2.75, 3.05) is 30.4 Å². The van der Waals surface area contributed by atoms with Crippen molar-refractivity contribution in [1.29, 1.82) is 0 Å². The highest BCUT2D eigenvalue weighted by molar-refractivity contribution is 7.88. The first-order valence-corrected chi connectivity index (χ1v) is 7.99. The number of nitrogens with two attached hydrogens (primary N) is 1. The van der Waals surface area contributed by atoms with Crippen molar-refractivity contribution in [2.24, 2.45) is 0 Å². The molecular formula is C10H14N4O2S2. The van der Waals surface area contributed by atoms with Crippen LogP contribution in [0, 0.1) is 0 Å². The lowest BCUT2D eigenvalue weighted by atomic mass is 10.3. The van der Waals surface area contributed by atoms with Crippen molar-refractivity contribution in [3.63, 3.8) is 0 Å². The van der Waals surface area contributed by atoms with Crippen LogP contribution in [0.1, 0.15) is 0 Å². The third kappa shape index (κ3) is 3.56. The molecule has 0 radical (unpaired) electrons. The number of aromatic nitrogens is 1. The van der Waals surface area contributed by atoms with E-state index in [1.54, 1.807) is 6.07 Å². The van der Waals surface area contributed by atoms with Gasteiger partial charge in [0.25, 0.3) is 0 Å². The molecule has 1 aromatic heterocycles. The van der Waals surface area contributed by atoms with E-state index in [0.717, 1.165) is 21.6 Å². The number of thiazole rings is 1. The number of anilines is 2. The number of hydrogen-bond donors (Lipinski definition) is 3. The fraction of sp³-hybridized carbons (Fsp3) is 0.300. The van der Waals surface area contributed by atoms with Crippen molar-refractivity contribution < 1.29 is 8.42 Å². The number of nitrogen functional groups attached to an aromatic ring is 1. The van der Waals surface area contributed by atoms with Crippen LogP contribution in [-0.2, 0) is 10.0 Å². The van der Waals surface area contributed by atoms with Gasteiger partial charge in [-0.2, -0.15) is 0 Å². The van der Waals surface area contributed by atoms with Gasteiger partial charge in [0.15, 0.2) is 5.13 Å². The standard InChI is InChI=1S/C10H14N4O2S2/c1-18(15,16)13-5-4-12-10-14-8-3-2-7(11)6-9(8)17-10/h2-3,6,13H,4-5,11H2,1H3,(H,12,14). The molecule has 6 nitrogen and oxygen atoms in total. The Morgan fingerprint density at radius 2 is 2.17 bits per heavy atom. The highest BCUT2D eigenvalue weighted by Gasteiger charge is 2.04. The third-order valence-electron chi connectivity index (χ3n) is 2.18. The van der Waals surface area contributed by atoms with Crippen molar-refractivity contribution >= 4 is 42.4 Å². The van der Waals surface area contributed by atoms with Gasteiger partial charge in [0, 0.05) is 18.8 Å². The van der Waals surface area contributed by atoms with Gasteiger partial charge in [-0.25, -0.2) is 18.1 Å². The molecule has 1 aromatic carbocycles. The van der Waals surface area contributed by atoms with Crippen LogP contribution in [0.15, 0.2) is 18.2 Å². The number of sulfonamides is 1. The van der Waals surface area contributed by atoms with E-state index in [-0.39, 0.29) is 0 Å². The molecule has 18 heavy (non-hydrogen) atoms. The Labute approximate surface area is 109 Å². The number of hydrogen-bond acceptors (Lipinski definition) is 6. The maximum absolute atomic E-state index is 10.9. The second kappa shape index (κ2) is 5.09. The summed E-state index contributed by atoms with van der Waals surface area (Å²) in [5, 5.41) is 3.82. The van der Waals surface area contributed by atoms with Gasteiger partial charge in [0.1, 0.15) is 0 Å². The molecule has 8 heteroatoms. The van der Waals surface area contributed by atoms with E-state index in [4.69, 9.17) is 5.73 Å². The average Bonchev–Trinajstić information content (AvgIpc) is 2.65. The molecule has 2 rings (SSSR count). The molecule has 0 atom stereocenters. The van der Waals surface area contributed by atoms with Crippen LogP contribution in [-0.4, -0.2) is 32.7 Å². The molecule has 0 spiro atoms. The Kier molecular flexibility index (Phi) is 3.69. The second-order valence-corrected chi connectivity index (χ2v) is 6.70. The molecule has 0 aliphatic carbocycles. The average molecular weight is 286 g/mol. The molecule has 98 valence electrons. The molecule has 0 fully saturated rings. The van der Waals surface area contributed by atoms with Gasteiger partial charge in [-0.3, -0.25) is 0 Å². The molecule has 0 aliphatic rings. The van der Waals surface area contributed by atoms with Crippen LogP contribution in [0.25, 0.3) is 10.2 Å². The summed E-state index contributed by atoms with van der Waals surface area (Å²) in [5.41, 5.74) is 7.27. The van der Waals surface area contributed by atoms with Gasteiger partial charge >= 0.3 is 0 Å². The summed E-state index contributed by atoms with van der Waals surface area (Å²) in [6.45, 7) is 0.819. The summed E-state index contributed by atoms with van der Waals surface area (Å²) < 4.78 is 25.1. The lowest BCUT2D eigenvalue weighted by molar-refractivity contribution is 0.589. The molecule has 0 amide bonds. The minimum absolute atomic E-state index is 0.330. The first-order valence-electron chi connectivity index (χ1n) is 5.28. The fourth-order valence-electron chi connectivity index (χ4n) is 1.42. The first-order chi connectivity index (χ1) is 8.44. The van der Waals surface area contributed by atoms with Crippen LogP contribution < -0.4 is 15.8 Å².